The van der Waals surface area contributed by atoms with Crippen molar-refractivity contribution in [2.45, 2.75) is 0 Å². The first-order chi connectivity index (χ1) is 6.77. The van der Waals surface area contributed by atoms with E-state index < -0.39 is 0 Å². The first-order valence-corrected chi connectivity index (χ1v) is 4.78. The molecule has 70 valence electrons. The van der Waals surface area contributed by atoms with E-state index in [1.54, 1.807) is 30.7 Å². The maximum Gasteiger partial charge on any atom is 0.150 e. The molecule has 0 atom stereocenters. The molecule has 2 rings (SSSR count). The Hall–Kier alpha value is -1.29. The third kappa shape index (κ3) is 1.80. The van der Waals surface area contributed by atoms with E-state index in [2.05, 4.69) is 25.9 Å². The highest BCUT2D eigenvalue weighted by molar-refractivity contribution is 9.10. The van der Waals surface area contributed by atoms with Gasteiger partial charge in [-0.15, -0.1) is 0 Å². The number of halogens is 2. The highest BCUT2D eigenvalue weighted by atomic mass is 79.9. The Bertz CT molecular complexity index is 445. The van der Waals surface area contributed by atoms with E-state index in [1.165, 1.54) is 6.07 Å². The summed E-state index contributed by atoms with van der Waals surface area (Å²) >= 11 is 3.15. The van der Waals surface area contributed by atoms with E-state index in [9.17, 15) is 4.39 Å². The molecule has 0 N–H and O–H groups in total. The van der Waals surface area contributed by atoms with Crippen molar-refractivity contribution in [3.8, 4) is 11.3 Å². The first-order valence-electron chi connectivity index (χ1n) is 3.99. The smallest absolute Gasteiger partial charge is 0.150 e. The monoisotopic (exact) mass is 252 g/mol. The van der Waals surface area contributed by atoms with Crippen LogP contribution in [-0.4, -0.2) is 9.97 Å². The summed E-state index contributed by atoms with van der Waals surface area (Å²) in [6.45, 7) is 0. The van der Waals surface area contributed by atoms with Gasteiger partial charge in [-0.2, -0.15) is 0 Å². The third-order valence-electron chi connectivity index (χ3n) is 1.76. The van der Waals surface area contributed by atoms with Crippen molar-refractivity contribution in [2.75, 3.05) is 0 Å². The molecular formula is C10H6BrFN2. The molecule has 2 nitrogen and oxygen atoms in total. The molecule has 0 radical (unpaired) electrons. The third-order valence-corrected chi connectivity index (χ3v) is 2.20. The molecule has 0 amide bonds. The van der Waals surface area contributed by atoms with E-state index in [0.29, 0.717) is 10.2 Å². The number of hydrogen-bond acceptors (Lipinski definition) is 2. The molecule has 0 aromatic carbocycles. The predicted molar refractivity (Wildman–Crippen MR) is 55.1 cm³/mol. The molecule has 0 bridgehead atoms. The van der Waals surface area contributed by atoms with Crippen molar-refractivity contribution in [3.63, 3.8) is 0 Å². The SMILES string of the molecule is Fc1cc(Br)cnc1-c1ccncc1. The zero-order chi connectivity index (χ0) is 9.97. The van der Waals surface area contributed by atoms with Crippen LogP contribution in [0.2, 0.25) is 0 Å². The quantitative estimate of drug-likeness (QED) is 0.780. The molecule has 0 aliphatic carbocycles. The Kier molecular flexibility index (Phi) is 2.54. The van der Waals surface area contributed by atoms with Gasteiger partial charge in [0.05, 0.1) is 0 Å². The van der Waals surface area contributed by atoms with Crippen molar-refractivity contribution in [1.29, 1.82) is 0 Å². The Morgan fingerprint density at radius 3 is 2.57 bits per heavy atom. The predicted octanol–water partition coefficient (Wildman–Crippen LogP) is 3.05. The summed E-state index contributed by atoms with van der Waals surface area (Å²) in [4.78, 5) is 7.86. The first kappa shape index (κ1) is 9.27. The molecular weight excluding hydrogens is 247 g/mol. The second-order valence-electron chi connectivity index (χ2n) is 2.72. The van der Waals surface area contributed by atoms with Crippen molar-refractivity contribution in [3.05, 3.63) is 47.1 Å². The van der Waals surface area contributed by atoms with Crippen LogP contribution in [0.15, 0.2) is 41.3 Å². The van der Waals surface area contributed by atoms with Gasteiger partial charge in [0, 0.05) is 28.6 Å². The fourth-order valence-electron chi connectivity index (χ4n) is 1.14. The van der Waals surface area contributed by atoms with Crippen molar-refractivity contribution in [1.82, 2.24) is 9.97 Å². The van der Waals surface area contributed by atoms with Crippen LogP contribution in [-0.2, 0) is 0 Å². The van der Waals surface area contributed by atoms with E-state index in [-0.39, 0.29) is 5.82 Å². The van der Waals surface area contributed by atoms with Gasteiger partial charge in [-0.05, 0) is 34.1 Å². The lowest BCUT2D eigenvalue weighted by molar-refractivity contribution is 0.624. The average molecular weight is 253 g/mol. The van der Waals surface area contributed by atoms with E-state index in [1.807, 2.05) is 0 Å². The van der Waals surface area contributed by atoms with Gasteiger partial charge < -0.3 is 0 Å². The zero-order valence-corrected chi connectivity index (χ0v) is 8.70. The number of rotatable bonds is 1. The molecule has 2 aromatic heterocycles. The second-order valence-corrected chi connectivity index (χ2v) is 3.64. The van der Waals surface area contributed by atoms with Gasteiger partial charge in [0.25, 0.3) is 0 Å². The largest absolute Gasteiger partial charge is 0.265 e. The van der Waals surface area contributed by atoms with Crippen LogP contribution in [0.25, 0.3) is 11.3 Å². The Balaban J connectivity index is 2.53. The van der Waals surface area contributed by atoms with Gasteiger partial charge in [0.2, 0.25) is 0 Å². The molecule has 0 fully saturated rings. The molecule has 0 spiro atoms. The molecule has 0 unspecified atom stereocenters. The zero-order valence-electron chi connectivity index (χ0n) is 7.11. The van der Waals surface area contributed by atoms with E-state index in [4.69, 9.17) is 0 Å². The minimum Gasteiger partial charge on any atom is -0.265 e. The minimum absolute atomic E-state index is 0.342. The van der Waals surface area contributed by atoms with E-state index >= 15 is 0 Å². The molecule has 0 aliphatic rings. The molecule has 0 saturated heterocycles. The minimum atomic E-state index is -0.342. The summed E-state index contributed by atoms with van der Waals surface area (Å²) in [5.41, 5.74) is 1.07. The highest BCUT2D eigenvalue weighted by Crippen LogP contribution is 2.21. The summed E-state index contributed by atoms with van der Waals surface area (Å²) in [6.07, 6.45) is 4.79. The molecule has 2 aromatic rings. The number of nitrogens with zero attached hydrogens (tertiary/aromatic N) is 2. The topological polar surface area (TPSA) is 25.8 Å². The second kappa shape index (κ2) is 3.84. The maximum absolute atomic E-state index is 13.4. The molecule has 4 heteroatoms. The molecule has 14 heavy (non-hydrogen) atoms. The van der Waals surface area contributed by atoms with Crippen LogP contribution in [0.5, 0.6) is 0 Å². The molecule has 2 heterocycles. The van der Waals surface area contributed by atoms with Crippen molar-refractivity contribution < 1.29 is 4.39 Å². The van der Waals surface area contributed by atoms with Gasteiger partial charge in [0.1, 0.15) is 5.69 Å². The van der Waals surface area contributed by atoms with Crippen molar-refractivity contribution in [2.24, 2.45) is 0 Å². The lowest BCUT2D eigenvalue weighted by Gasteiger charge is -2.01. The Labute approximate surface area is 89.0 Å². The van der Waals surface area contributed by atoms with Crippen LogP contribution in [0, 0.1) is 5.82 Å². The van der Waals surface area contributed by atoms with Crippen LogP contribution in [0.3, 0.4) is 0 Å². The summed E-state index contributed by atoms with van der Waals surface area (Å²) in [6, 6.07) is 4.83. The van der Waals surface area contributed by atoms with Gasteiger partial charge in [0.15, 0.2) is 5.82 Å². The Morgan fingerprint density at radius 1 is 1.21 bits per heavy atom. The van der Waals surface area contributed by atoms with Gasteiger partial charge in [-0.25, -0.2) is 4.39 Å². The standard InChI is InChI=1S/C10H6BrFN2/c11-8-5-9(12)10(14-6-8)7-1-3-13-4-2-7/h1-6H. The number of hydrogen-bond donors (Lipinski definition) is 0. The van der Waals surface area contributed by atoms with Gasteiger partial charge >= 0.3 is 0 Å². The Morgan fingerprint density at radius 2 is 1.93 bits per heavy atom. The van der Waals surface area contributed by atoms with Crippen molar-refractivity contribution >= 4 is 15.9 Å². The molecule has 0 aliphatic heterocycles. The summed E-state index contributed by atoms with van der Waals surface area (Å²) in [7, 11) is 0. The van der Waals surface area contributed by atoms with Crippen LogP contribution in [0.1, 0.15) is 0 Å². The number of aromatic nitrogens is 2. The van der Waals surface area contributed by atoms with Gasteiger partial charge in [-0.3, -0.25) is 9.97 Å². The number of pyridine rings is 2. The summed E-state index contributed by atoms with van der Waals surface area (Å²) < 4.78 is 14.1. The highest BCUT2D eigenvalue weighted by Gasteiger charge is 2.06. The van der Waals surface area contributed by atoms with Crippen LogP contribution < -0.4 is 0 Å². The molecule has 0 saturated carbocycles. The summed E-state index contributed by atoms with van der Waals surface area (Å²) in [5, 5.41) is 0. The lowest BCUT2D eigenvalue weighted by atomic mass is 10.2. The van der Waals surface area contributed by atoms with Crippen LogP contribution in [0.4, 0.5) is 4.39 Å². The maximum atomic E-state index is 13.4. The average Bonchev–Trinajstić information content (AvgIpc) is 2.19. The van der Waals surface area contributed by atoms with Crippen LogP contribution >= 0.6 is 15.9 Å². The van der Waals surface area contributed by atoms with E-state index in [0.717, 1.165) is 5.56 Å². The summed E-state index contributed by atoms with van der Waals surface area (Å²) in [5.74, 6) is -0.342. The fourth-order valence-corrected chi connectivity index (χ4v) is 1.44. The normalized spacial score (nSPS) is 10.1. The fraction of sp³-hybridized carbons (Fsp3) is 0. The van der Waals surface area contributed by atoms with Gasteiger partial charge in [-0.1, -0.05) is 0 Å². The lowest BCUT2D eigenvalue weighted by Crippen LogP contribution is -1.88.